The highest BCUT2D eigenvalue weighted by molar-refractivity contribution is 7.89. The second-order valence-electron chi connectivity index (χ2n) is 10.1. The van der Waals surface area contributed by atoms with E-state index in [0.29, 0.717) is 68.4 Å². The minimum absolute atomic E-state index is 0.315. The summed E-state index contributed by atoms with van der Waals surface area (Å²) >= 11 is 0. The topological polar surface area (TPSA) is 78.0 Å². The lowest BCUT2D eigenvalue weighted by molar-refractivity contribution is 0.241. The SMILES string of the molecule is CCN(CCCN(CCCN(CC)S(=O)(=O)c1ccc(C)cc1)Cc1ccccc1)S(=O)(=O)c1ccc(C)cc1. The molecule has 0 heterocycles. The van der Waals surface area contributed by atoms with Gasteiger partial charge in [-0.2, -0.15) is 8.61 Å². The van der Waals surface area contributed by atoms with Crippen LogP contribution in [0.1, 0.15) is 43.4 Å². The van der Waals surface area contributed by atoms with Gasteiger partial charge in [0.2, 0.25) is 20.0 Å². The monoisotopic (exact) mass is 585 g/mol. The van der Waals surface area contributed by atoms with Crippen LogP contribution in [0.15, 0.2) is 88.7 Å². The summed E-state index contributed by atoms with van der Waals surface area (Å²) in [5.41, 5.74) is 3.21. The molecular formula is C31H43N3O4S2. The lowest BCUT2D eigenvalue weighted by atomic mass is 10.2. The minimum Gasteiger partial charge on any atom is -0.299 e. The largest absolute Gasteiger partial charge is 0.299 e. The molecule has 0 radical (unpaired) electrons. The van der Waals surface area contributed by atoms with Crippen molar-refractivity contribution in [3.63, 3.8) is 0 Å². The van der Waals surface area contributed by atoms with Crippen molar-refractivity contribution in [3.8, 4) is 0 Å². The van der Waals surface area contributed by atoms with Gasteiger partial charge in [0.25, 0.3) is 0 Å². The molecule has 0 unspecified atom stereocenters. The van der Waals surface area contributed by atoms with Crippen molar-refractivity contribution in [2.75, 3.05) is 39.3 Å². The summed E-state index contributed by atoms with van der Waals surface area (Å²) in [4.78, 5) is 2.92. The van der Waals surface area contributed by atoms with Crippen LogP contribution in [0.4, 0.5) is 0 Å². The molecule has 3 aromatic rings. The molecule has 0 atom stereocenters. The molecule has 0 bridgehead atoms. The first-order valence-electron chi connectivity index (χ1n) is 14.0. The Kier molecular flexibility index (Phi) is 11.9. The molecule has 0 saturated carbocycles. The number of hydrogen-bond acceptors (Lipinski definition) is 5. The molecule has 0 amide bonds. The van der Waals surface area contributed by atoms with Gasteiger partial charge in [0, 0.05) is 32.7 Å². The van der Waals surface area contributed by atoms with E-state index in [1.807, 2.05) is 70.2 Å². The first kappa shape index (κ1) is 32.0. The van der Waals surface area contributed by atoms with Crippen molar-refractivity contribution in [1.29, 1.82) is 0 Å². The van der Waals surface area contributed by atoms with E-state index in [0.717, 1.165) is 11.1 Å². The molecule has 0 aliphatic heterocycles. The quantitative estimate of drug-likeness (QED) is 0.228. The normalized spacial score (nSPS) is 12.5. The third-order valence-corrected chi connectivity index (χ3v) is 11.0. The molecule has 0 spiro atoms. The summed E-state index contributed by atoms with van der Waals surface area (Å²) in [5.74, 6) is 0. The highest BCUT2D eigenvalue weighted by atomic mass is 32.2. The number of hydrogen-bond donors (Lipinski definition) is 0. The summed E-state index contributed by atoms with van der Waals surface area (Å²) < 4.78 is 55.9. The van der Waals surface area contributed by atoms with E-state index in [-0.39, 0.29) is 0 Å². The van der Waals surface area contributed by atoms with Gasteiger partial charge in [0.1, 0.15) is 0 Å². The van der Waals surface area contributed by atoms with Gasteiger partial charge in [-0.25, -0.2) is 16.8 Å². The lowest BCUT2D eigenvalue weighted by Crippen LogP contribution is -2.36. The Morgan fingerprint density at radius 1 is 0.550 bits per heavy atom. The Morgan fingerprint density at radius 2 is 0.950 bits per heavy atom. The third kappa shape index (κ3) is 8.72. The van der Waals surface area contributed by atoms with Crippen LogP contribution in [0, 0.1) is 13.8 Å². The van der Waals surface area contributed by atoms with Crippen LogP contribution in [-0.4, -0.2) is 69.6 Å². The third-order valence-electron chi connectivity index (χ3n) is 7.04. The second kappa shape index (κ2) is 14.9. The zero-order chi connectivity index (χ0) is 29.2. The van der Waals surface area contributed by atoms with Gasteiger partial charge < -0.3 is 0 Å². The summed E-state index contributed by atoms with van der Waals surface area (Å²) in [6.45, 7) is 11.4. The fourth-order valence-electron chi connectivity index (χ4n) is 4.67. The van der Waals surface area contributed by atoms with Gasteiger partial charge in [0.15, 0.2) is 0 Å². The van der Waals surface area contributed by atoms with Crippen molar-refractivity contribution in [1.82, 2.24) is 13.5 Å². The van der Waals surface area contributed by atoms with Crippen molar-refractivity contribution in [2.24, 2.45) is 0 Å². The highest BCUT2D eigenvalue weighted by Crippen LogP contribution is 2.19. The molecule has 0 N–H and O–H groups in total. The Balaban J connectivity index is 1.64. The maximum absolute atomic E-state index is 13.2. The molecule has 218 valence electrons. The number of benzene rings is 3. The smallest absolute Gasteiger partial charge is 0.243 e. The van der Waals surface area contributed by atoms with Gasteiger partial charge in [0.05, 0.1) is 9.79 Å². The average molecular weight is 586 g/mol. The Labute approximate surface area is 241 Å². The van der Waals surface area contributed by atoms with E-state index in [2.05, 4.69) is 17.0 Å². The van der Waals surface area contributed by atoms with E-state index < -0.39 is 20.0 Å². The molecule has 3 rings (SSSR count). The molecule has 0 saturated heterocycles. The summed E-state index contributed by atoms with van der Waals surface area (Å²) in [6.07, 6.45) is 1.34. The predicted molar refractivity (Wildman–Crippen MR) is 162 cm³/mol. The Hall–Kier alpha value is -2.56. The van der Waals surface area contributed by atoms with Crippen LogP contribution in [0.3, 0.4) is 0 Å². The van der Waals surface area contributed by atoms with E-state index in [1.165, 1.54) is 14.2 Å². The molecule has 0 aromatic heterocycles. The predicted octanol–water partition coefficient (Wildman–Crippen LogP) is 5.31. The van der Waals surface area contributed by atoms with Crippen LogP contribution in [0.25, 0.3) is 0 Å². The summed E-state index contributed by atoms with van der Waals surface area (Å²) in [5, 5.41) is 0. The first-order valence-corrected chi connectivity index (χ1v) is 16.9. The van der Waals surface area contributed by atoms with Crippen LogP contribution < -0.4 is 0 Å². The van der Waals surface area contributed by atoms with E-state index in [1.54, 1.807) is 24.3 Å². The van der Waals surface area contributed by atoms with E-state index in [4.69, 9.17) is 0 Å². The lowest BCUT2D eigenvalue weighted by Gasteiger charge is -2.27. The zero-order valence-electron chi connectivity index (χ0n) is 24.2. The number of nitrogens with zero attached hydrogens (tertiary/aromatic N) is 3. The average Bonchev–Trinajstić information content (AvgIpc) is 2.94. The number of sulfonamides is 2. The second-order valence-corrected chi connectivity index (χ2v) is 14.0. The zero-order valence-corrected chi connectivity index (χ0v) is 25.8. The van der Waals surface area contributed by atoms with Crippen LogP contribution in [-0.2, 0) is 26.6 Å². The van der Waals surface area contributed by atoms with Gasteiger partial charge >= 0.3 is 0 Å². The van der Waals surface area contributed by atoms with Crippen LogP contribution in [0.2, 0.25) is 0 Å². The number of rotatable bonds is 16. The standard InChI is InChI=1S/C31H43N3O4S2/c1-5-33(39(35,36)30-18-14-27(3)15-19-30)24-10-22-32(26-29-12-8-7-9-13-29)23-11-25-34(6-2)40(37,38)31-20-16-28(4)17-21-31/h7-9,12-21H,5-6,10-11,22-26H2,1-4H3. The molecule has 9 heteroatoms. The molecule has 7 nitrogen and oxygen atoms in total. The molecule has 0 fully saturated rings. The fraction of sp³-hybridized carbons (Fsp3) is 0.419. The van der Waals surface area contributed by atoms with Crippen LogP contribution in [0.5, 0.6) is 0 Å². The molecule has 3 aromatic carbocycles. The van der Waals surface area contributed by atoms with Gasteiger partial charge in [-0.1, -0.05) is 79.6 Å². The number of aryl methyl sites for hydroxylation is 2. The Morgan fingerprint density at radius 3 is 1.32 bits per heavy atom. The molecule has 40 heavy (non-hydrogen) atoms. The van der Waals surface area contributed by atoms with Crippen LogP contribution >= 0.6 is 0 Å². The fourth-order valence-corrected chi connectivity index (χ4v) is 7.64. The van der Waals surface area contributed by atoms with Gasteiger partial charge in [-0.05, 0) is 69.6 Å². The molecule has 0 aliphatic carbocycles. The first-order chi connectivity index (χ1) is 19.1. The Bertz CT molecular complexity index is 1300. The summed E-state index contributed by atoms with van der Waals surface area (Å²) in [7, 11) is -7.12. The maximum Gasteiger partial charge on any atom is 0.243 e. The minimum atomic E-state index is -3.56. The van der Waals surface area contributed by atoms with Gasteiger partial charge in [-0.15, -0.1) is 0 Å². The van der Waals surface area contributed by atoms with Crippen molar-refractivity contribution < 1.29 is 16.8 Å². The molecule has 0 aliphatic rings. The maximum atomic E-state index is 13.2. The van der Waals surface area contributed by atoms with Crippen molar-refractivity contribution >= 4 is 20.0 Å². The van der Waals surface area contributed by atoms with Crippen molar-refractivity contribution in [3.05, 3.63) is 95.6 Å². The van der Waals surface area contributed by atoms with Crippen molar-refractivity contribution in [2.45, 2.75) is 56.9 Å². The highest BCUT2D eigenvalue weighted by Gasteiger charge is 2.24. The van der Waals surface area contributed by atoms with E-state index >= 15 is 0 Å². The molecular weight excluding hydrogens is 542 g/mol. The summed E-state index contributed by atoms with van der Waals surface area (Å²) in [6, 6.07) is 24.1. The van der Waals surface area contributed by atoms with Gasteiger partial charge in [-0.3, -0.25) is 4.90 Å². The van der Waals surface area contributed by atoms with E-state index in [9.17, 15) is 16.8 Å².